The van der Waals surface area contributed by atoms with E-state index < -0.39 is 30.8 Å². The molecule has 2 rings (SSSR count). The molecule has 9 heteroatoms. The lowest BCUT2D eigenvalue weighted by molar-refractivity contribution is -0.302. The molecule has 26 heavy (non-hydrogen) atoms. The van der Waals surface area contributed by atoms with Crippen LogP contribution < -0.4 is 9.47 Å². The minimum Gasteiger partial charge on any atom is -0.493 e. The molecule has 0 aromatic heterocycles. The van der Waals surface area contributed by atoms with Crippen LogP contribution >= 0.6 is 0 Å². The third-order valence-corrected chi connectivity index (χ3v) is 3.97. The van der Waals surface area contributed by atoms with Crippen molar-refractivity contribution in [3.63, 3.8) is 0 Å². The molecule has 0 radical (unpaired) electrons. The van der Waals surface area contributed by atoms with E-state index in [1.54, 1.807) is 18.2 Å². The van der Waals surface area contributed by atoms with Crippen LogP contribution in [-0.2, 0) is 4.79 Å². The lowest BCUT2D eigenvalue weighted by Crippen LogP contribution is -2.57. The number of nitrogens with zero attached hydrogens (tertiary/aromatic N) is 2. The van der Waals surface area contributed by atoms with Crippen LogP contribution in [0.3, 0.4) is 0 Å². The van der Waals surface area contributed by atoms with E-state index in [2.05, 4.69) is 5.10 Å². The van der Waals surface area contributed by atoms with Crippen LogP contribution in [0.4, 0.5) is 13.2 Å². The standard InChI is InChI=1S/C17H21F3N2O4/c1-3-4-7-12-10-16(24,17(18,19)20)22(21-12)15(23)11-26-14-9-6-5-8-13(14)25-2/h5-6,8-9,24H,3-4,7,10-11H2,1-2H3/t16-/m1/s1. The van der Waals surface area contributed by atoms with Crippen LogP contribution in [0, 0.1) is 0 Å². The highest BCUT2D eigenvalue weighted by Crippen LogP contribution is 2.41. The smallest absolute Gasteiger partial charge is 0.438 e. The molecule has 144 valence electrons. The zero-order chi connectivity index (χ0) is 19.4. The van der Waals surface area contributed by atoms with Crippen molar-refractivity contribution >= 4 is 11.6 Å². The van der Waals surface area contributed by atoms with E-state index in [9.17, 15) is 23.1 Å². The zero-order valence-electron chi connectivity index (χ0n) is 14.5. The molecule has 0 unspecified atom stereocenters. The SMILES string of the molecule is CCCCC1=NN(C(=O)COc2ccccc2OC)[C@](O)(C(F)(F)F)C1. The third-order valence-electron chi connectivity index (χ3n) is 3.97. The highest BCUT2D eigenvalue weighted by atomic mass is 19.4. The second kappa shape index (κ2) is 7.94. The highest BCUT2D eigenvalue weighted by Gasteiger charge is 2.63. The van der Waals surface area contributed by atoms with Gasteiger partial charge < -0.3 is 14.6 Å². The van der Waals surface area contributed by atoms with Crippen molar-refractivity contribution in [1.29, 1.82) is 0 Å². The maximum absolute atomic E-state index is 13.4. The average Bonchev–Trinajstić information content (AvgIpc) is 2.96. The highest BCUT2D eigenvalue weighted by molar-refractivity contribution is 5.91. The molecule has 1 aliphatic rings. The van der Waals surface area contributed by atoms with Gasteiger partial charge in [0, 0.05) is 12.1 Å². The average molecular weight is 374 g/mol. The van der Waals surface area contributed by atoms with E-state index in [4.69, 9.17) is 9.47 Å². The van der Waals surface area contributed by atoms with Crippen molar-refractivity contribution in [2.24, 2.45) is 5.10 Å². The van der Waals surface area contributed by atoms with E-state index in [-0.39, 0.29) is 22.9 Å². The Labute approximate surface area is 149 Å². The number of carbonyl (C=O) groups is 1. The van der Waals surface area contributed by atoms with Crippen LogP contribution in [0.15, 0.2) is 29.4 Å². The fourth-order valence-electron chi connectivity index (χ4n) is 2.56. The number of hydrazone groups is 1. The maximum Gasteiger partial charge on any atom is 0.438 e. The third kappa shape index (κ3) is 4.09. The number of para-hydroxylation sites is 2. The summed E-state index contributed by atoms with van der Waals surface area (Å²) in [4.78, 5) is 12.3. The number of aliphatic hydroxyl groups is 1. The summed E-state index contributed by atoms with van der Waals surface area (Å²) in [5.74, 6) is -0.560. The summed E-state index contributed by atoms with van der Waals surface area (Å²) in [6.45, 7) is 1.17. The first kappa shape index (κ1) is 20.0. The predicted molar refractivity (Wildman–Crippen MR) is 87.9 cm³/mol. The number of halogens is 3. The first-order valence-electron chi connectivity index (χ1n) is 8.17. The first-order valence-corrected chi connectivity index (χ1v) is 8.17. The predicted octanol–water partition coefficient (Wildman–Crippen LogP) is 3.10. The molecule has 0 saturated carbocycles. The number of ether oxygens (including phenoxy) is 2. The number of carbonyl (C=O) groups excluding carboxylic acids is 1. The number of hydrogen-bond acceptors (Lipinski definition) is 5. The zero-order valence-corrected chi connectivity index (χ0v) is 14.5. The monoisotopic (exact) mass is 374 g/mol. The van der Waals surface area contributed by atoms with Crippen molar-refractivity contribution in [3.05, 3.63) is 24.3 Å². The van der Waals surface area contributed by atoms with Gasteiger partial charge in [0.2, 0.25) is 0 Å². The molecule has 1 atom stereocenters. The largest absolute Gasteiger partial charge is 0.493 e. The summed E-state index contributed by atoms with van der Waals surface area (Å²) in [6.07, 6.45) is -4.13. The summed E-state index contributed by atoms with van der Waals surface area (Å²) < 4.78 is 50.4. The van der Waals surface area contributed by atoms with Gasteiger partial charge in [-0.1, -0.05) is 25.5 Å². The van der Waals surface area contributed by atoms with E-state index in [1.165, 1.54) is 13.2 Å². The molecule has 1 amide bonds. The molecule has 0 aliphatic carbocycles. The van der Waals surface area contributed by atoms with Gasteiger partial charge in [0.15, 0.2) is 18.1 Å². The minimum absolute atomic E-state index is 0.0907. The van der Waals surface area contributed by atoms with Crippen LogP contribution in [0.1, 0.15) is 32.6 Å². The molecule has 1 heterocycles. The molecule has 1 N–H and O–H groups in total. The van der Waals surface area contributed by atoms with Gasteiger partial charge in [-0.2, -0.15) is 23.3 Å². The Morgan fingerprint density at radius 2 is 2.00 bits per heavy atom. The van der Waals surface area contributed by atoms with Gasteiger partial charge in [0.25, 0.3) is 11.6 Å². The number of hydrogen-bond donors (Lipinski definition) is 1. The molecular weight excluding hydrogens is 353 g/mol. The van der Waals surface area contributed by atoms with Crippen LogP contribution in [0.5, 0.6) is 11.5 Å². The number of methoxy groups -OCH3 is 1. The molecule has 1 aliphatic heterocycles. The Hall–Kier alpha value is -2.29. The molecule has 6 nitrogen and oxygen atoms in total. The lowest BCUT2D eigenvalue weighted by Gasteiger charge is -2.32. The van der Waals surface area contributed by atoms with Gasteiger partial charge in [-0.15, -0.1) is 0 Å². The summed E-state index contributed by atoms with van der Waals surface area (Å²) in [6, 6.07) is 6.41. The van der Waals surface area contributed by atoms with Crippen LogP contribution in [0.25, 0.3) is 0 Å². The van der Waals surface area contributed by atoms with Crippen LogP contribution in [0.2, 0.25) is 0 Å². The Bertz CT molecular complexity index is 678. The second-order valence-electron chi connectivity index (χ2n) is 5.91. The van der Waals surface area contributed by atoms with E-state index in [0.717, 1.165) is 6.42 Å². The van der Waals surface area contributed by atoms with Gasteiger partial charge in [0.1, 0.15) is 0 Å². The summed E-state index contributed by atoms with van der Waals surface area (Å²) in [5.41, 5.74) is -3.21. The maximum atomic E-state index is 13.4. The van der Waals surface area contributed by atoms with Crippen molar-refractivity contribution in [2.45, 2.75) is 44.5 Å². The topological polar surface area (TPSA) is 71.4 Å². The van der Waals surface area contributed by atoms with Gasteiger partial charge in [-0.05, 0) is 25.0 Å². The van der Waals surface area contributed by atoms with E-state index in [1.807, 2.05) is 6.92 Å². The summed E-state index contributed by atoms with van der Waals surface area (Å²) >= 11 is 0. The number of amides is 1. The number of benzene rings is 1. The van der Waals surface area contributed by atoms with Gasteiger partial charge in [0.05, 0.1) is 7.11 Å². The molecule has 0 fully saturated rings. The second-order valence-corrected chi connectivity index (χ2v) is 5.91. The van der Waals surface area contributed by atoms with Crippen molar-refractivity contribution in [1.82, 2.24) is 5.01 Å². The Balaban J connectivity index is 2.16. The molecule has 0 spiro atoms. The van der Waals surface area contributed by atoms with Gasteiger partial charge >= 0.3 is 6.18 Å². The molecule has 1 aromatic rings. The molecule has 0 saturated heterocycles. The number of alkyl halides is 3. The Morgan fingerprint density at radius 1 is 1.35 bits per heavy atom. The van der Waals surface area contributed by atoms with Crippen molar-refractivity contribution in [3.8, 4) is 11.5 Å². The van der Waals surface area contributed by atoms with Crippen LogP contribution in [-0.4, -0.2) is 47.4 Å². The first-order chi connectivity index (χ1) is 12.2. The van der Waals surface area contributed by atoms with Gasteiger partial charge in [-0.3, -0.25) is 4.79 Å². The Kier molecular flexibility index (Phi) is 6.12. The normalized spacial score (nSPS) is 20.1. The summed E-state index contributed by atoms with van der Waals surface area (Å²) in [7, 11) is 1.40. The lowest BCUT2D eigenvalue weighted by atomic mass is 10.0. The summed E-state index contributed by atoms with van der Waals surface area (Å²) in [5, 5.41) is 13.9. The van der Waals surface area contributed by atoms with Crippen molar-refractivity contribution < 1.29 is 32.5 Å². The molecular formula is C17H21F3N2O4. The van der Waals surface area contributed by atoms with Gasteiger partial charge in [-0.25, -0.2) is 0 Å². The fraction of sp³-hybridized carbons (Fsp3) is 0.529. The Morgan fingerprint density at radius 3 is 2.58 bits per heavy atom. The molecule has 0 bridgehead atoms. The van der Waals surface area contributed by atoms with Crippen molar-refractivity contribution in [2.75, 3.05) is 13.7 Å². The molecule has 1 aromatic carbocycles. The quantitative estimate of drug-likeness (QED) is 0.796. The fourth-order valence-corrected chi connectivity index (χ4v) is 2.56. The van der Waals surface area contributed by atoms with E-state index >= 15 is 0 Å². The minimum atomic E-state index is -5.04. The number of rotatable bonds is 7. The van der Waals surface area contributed by atoms with E-state index in [0.29, 0.717) is 12.2 Å². The number of unbranched alkanes of at least 4 members (excludes halogenated alkanes) is 1.